The summed E-state index contributed by atoms with van der Waals surface area (Å²) in [4.78, 5) is 9.38. The molecule has 0 saturated carbocycles. The van der Waals surface area contributed by atoms with E-state index in [1.54, 1.807) is 7.11 Å². The van der Waals surface area contributed by atoms with Crippen molar-refractivity contribution in [3.8, 4) is 11.5 Å². The molecule has 4 aromatic rings. The van der Waals surface area contributed by atoms with Crippen LogP contribution in [-0.2, 0) is 6.42 Å². The zero-order valence-corrected chi connectivity index (χ0v) is 14.8. The van der Waals surface area contributed by atoms with Gasteiger partial charge in [-0.15, -0.1) is 0 Å². The van der Waals surface area contributed by atoms with Crippen molar-refractivity contribution in [3.05, 3.63) is 72.3 Å². The smallest absolute Gasteiger partial charge is 0.122 e. The standard InChI is InChI=1S/C22H20N2O2/c1-15(12-16-6-4-3-5-7-16)26-18-9-11-20-22(14-18)24-19-10-8-17(25-2)13-21(19)23-20/h3-11,13-15H,12H2,1-2H3/t15-/m1/s1. The lowest BCUT2D eigenvalue weighted by Gasteiger charge is -2.15. The first-order valence-corrected chi connectivity index (χ1v) is 8.67. The molecule has 1 atom stereocenters. The van der Waals surface area contributed by atoms with Crippen LogP contribution in [0.3, 0.4) is 0 Å². The van der Waals surface area contributed by atoms with E-state index in [-0.39, 0.29) is 6.10 Å². The molecule has 0 spiro atoms. The fourth-order valence-corrected chi connectivity index (χ4v) is 3.05. The average molecular weight is 344 g/mol. The Morgan fingerprint density at radius 2 is 1.38 bits per heavy atom. The van der Waals surface area contributed by atoms with Crippen molar-refractivity contribution in [2.24, 2.45) is 0 Å². The van der Waals surface area contributed by atoms with Crippen LogP contribution in [0.5, 0.6) is 11.5 Å². The van der Waals surface area contributed by atoms with Gasteiger partial charge in [-0.3, -0.25) is 0 Å². The molecule has 4 rings (SSSR count). The molecular weight excluding hydrogens is 324 g/mol. The van der Waals surface area contributed by atoms with Crippen molar-refractivity contribution in [1.82, 2.24) is 9.97 Å². The molecule has 1 aromatic heterocycles. The zero-order valence-electron chi connectivity index (χ0n) is 14.8. The molecule has 0 aliphatic heterocycles. The maximum absolute atomic E-state index is 6.09. The molecule has 0 N–H and O–H groups in total. The highest BCUT2D eigenvalue weighted by Gasteiger charge is 2.08. The Morgan fingerprint density at radius 3 is 2.04 bits per heavy atom. The van der Waals surface area contributed by atoms with E-state index in [1.807, 2.05) is 54.6 Å². The van der Waals surface area contributed by atoms with Crippen molar-refractivity contribution in [1.29, 1.82) is 0 Å². The second-order valence-electron chi connectivity index (χ2n) is 6.35. The van der Waals surface area contributed by atoms with E-state index in [2.05, 4.69) is 24.0 Å². The van der Waals surface area contributed by atoms with Gasteiger partial charge in [-0.1, -0.05) is 30.3 Å². The minimum absolute atomic E-state index is 0.0764. The van der Waals surface area contributed by atoms with Crippen molar-refractivity contribution in [2.75, 3.05) is 7.11 Å². The number of methoxy groups -OCH3 is 1. The van der Waals surface area contributed by atoms with Crippen LogP contribution < -0.4 is 9.47 Å². The molecule has 0 amide bonds. The predicted octanol–water partition coefficient (Wildman–Crippen LogP) is 4.80. The van der Waals surface area contributed by atoms with Gasteiger partial charge in [-0.25, -0.2) is 9.97 Å². The van der Waals surface area contributed by atoms with Gasteiger partial charge in [0.15, 0.2) is 0 Å². The summed E-state index contributed by atoms with van der Waals surface area (Å²) < 4.78 is 11.3. The van der Waals surface area contributed by atoms with Crippen LogP contribution in [0.4, 0.5) is 0 Å². The Balaban J connectivity index is 1.59. The fourth-order valence-electron chi connectivity index (χ4n) is 3.05. The van der Waals surface area contributed by atoms with Crippen LogP contribution >= 0.6 is 0 Å². The summed E-state index contributed by atoms with van der Waals surface area (Å²) in [6, 6.07) is 21.9. The van der Waals surface area contributed by atoms with E-state index in [0.717, 1.165) is 40.0 Å². The summed E-state index contributed by atoms with van der Waals surface area (Å²) in [6.45, 7) is 2.08. The zero-order chi connectivity index (χ0) is 17.9. The van der Waals surface area contributed by atoms with Gasteiger partial charge in [0.05, 0.1) is 35.3 Å². The molecular formula is C22H20N2O2. The monoisotopic (exact) mass is 344 g/mol. The predicted molar refractivity (Wildman–Crippen MR) is 104 cm³/mol. The fraction of sp³-hybridized carbons (Fsp3) is 0.182. The van der Waals surface area contributed by atoms with Gasteiger partial charge in [0.2, 0.25) is 0 Å². The van der Waals surface area contributed by atoms with Crippen LogP contribution in [0.2, 0.25) is 0 Å². The quantitative estimate of drug-likeness (QED) is 0.488. The topological polar surface area (TPSA) is 44.2 Å². The molecule has 26 heavy (non-hydrogen) atoms. The third-order valence-corrected chi connectivity index (χ3v) is 4.31. The SMILES string of the molecule is COc1ccc2nc3cc(O[C@H](C)Cc4ccccc4)ccc3nc2c1. The van der Waals surface area contributed by atoms with Gasteiger partial charge in [0.25, 0.3) is 0 Å². The summed E-state index contributed by atoms with van der Waals surface area (Å²) in [6.07, 6.45) is 0.940. The highest BCUT2D eigenvalue weighted by molar-refractivity contribution is 5.87. The Bertz CT molecular complexity index is 1050. The summed E-state index contributed by atoms with van der Waals surface area (Å²) in [5.74, 6) is 1.59. The Morgan fingerprint density at radius 1 is 0.769 bits per heavy atom. The third-order valence-electron chi connectivity index (χ3n) is 4.31. The van der Waals surface area contributed by atoms with Gasteiger partial charge in [0.1, 0.15) is 11.5 Å². The maximum Gasteiger partial charge on any atom is 0.122 e. The molecule has 0 fully saturated rings. The van der Waals surface area contributed by atoms with E-state index in [4.69, 9.17) is 14.5 Å². The van der Waals surface area contributed by atoms with Gasteiger partial charge in [-0.05, 0) is 36.8 Å². The van der Waals surface area contributed by atoms with E-state index in [0.29, 0.717) is 0 Å². The first-order chi connectivity index (χ1) is 12.7. The molecule has 3 aromatic carbocycles. The van der Waals surface area contributed by atoms with Crippen LogP contribution in [0.25, 0.3) is 22.1 Å². The van der Waals surface area contributed by atoms with Crippen LogP contribution in [0.15, 0.2) is 66.7 Å². The molecule has 0 aliphatic rings. The maximum atomic E-state index is 6.09. The minimum atomic E-state index is 0.0764. The largest absolute Gasteiger partial charge is 0.497 e. The molecule has 0 bridgehead atoms. The molecule has 1 heterocycles. The normalized spacial score (nSPS) is 12.2. The third kappa shape index (κ3) is 3.45. The van der Waals surface area contributed by atoms with Gasteiger partial charge < -0.3 is 9.47 Å². The van der Waals surface area contributed by atoms with E-state index in [9.17, 15) is 0 Å². The summed E-state index contributed by atoms with van der Waals surface area (Å²) >= 11 is 0. The van der Waals surface area contributed by atoms with Gasteiger partial charge >= 0.3 is 0 Å². The van der Waals surface area contributed by atoms with Gasteiger partial charge in [0, 0.05) is 18.6 Å². The lowest BCUT2D eigenvalue weighted by Crippen LogP contribution is -2.15. The molecule has 4 nitrogen and oxygen atoms in total. The van der Waals surface area contributed by atoms with Crippen molar-refractivity contribution in [2.45, 2.75) is 19.4 Å². The number of ether oxygens (including phenoxy) is 2. The second kappa shape index (κ2) is 7.00. The van der Waals surface area contributed by atoms with E-state index >= 15 is 0 Å². The molecule has 4 heteroatoms. The van der Waals surface area contributed by atoms with Crippen molar-refractivity contribution < 1.29 is 9.47 Å². The summed E-state index contributed by atoms with van der Waals surface area (Å²) in [7, 11) is 1.65. The lowest BCUT2D eigenvalue weighted by atomic mass is 10.1. The molecule has 0 unspecified atom stereocenters. The first kappa shape index (κ1) is 16.3. The van der Waals surface area contributed by atoms with Crippen LogP contribution in [-0.4, -0.2) is 23.2 Å². The molecule has 0 saturated heterocycles. The average Bonchev–Trinajstić information content (AvgIpc) is 2.66. The minimum Gasteiger partial charge on any atom is -0.497 e. The van der Waals surface area contributed by atoms with Crippen LogP contribution in [0.1, 0.15) is 12.5 Å². The van der Waals surface area contributed by atoms with Gasteiger partial charge in [-0.2, -0.15) is 0 Å². The molecule has 130 valence electrons. The Hall–Kier alpha value is -3.14. The van der Waals surface area contributed by atoms with Crippen molar-refractivity contribution in [3.63, 3.8) is 0 Å². The summed E-state index contributed by atoms with van der Waals surface area (Å²) in [5, 5.41) is 0. The Kier molecular flexibility index (Phi) is 4.40. The number of benzene rings is 3. The van der Waals surface area contributed by atoms with Crippen LogP contribution in [0, 0.1) is 0 Å². The van der Waals surface area contributed by atoms with E-state index < -0.39 is 0 Å². The number of nitrogens with zero attached hydrogens (tertiary/aromatic N) is 2. The lowest BCUT2D eigenvalue weighted by molar-refractivity contribution is 0.222. The molecule has 0 radical (unpaired) electrons. The number of aromatic nitrogens is 2. The number of rotatable bonds is 5. The number of hydrogen-bond acceptors (Lipinski definition) is 4. The summed E-state index contributed by atoms with van der Waals surface area (Å²) in [5.41, 5.74) is 4.59. The number of fused-ring (bicyclic) bond motifs is 2. The highest BCUT2D eigenvalue weighted by Crippen LogP contribution is 2.24. The van der Waals surface area contributed by atoms with Crippen molar-refractivity contribution >= 4 is 22.1 Å². The second-order valence-corrected chi connectivity index (χ2v) is 6.35. The first-order valence-electron chi connectivity index (χ1n) is 8.67. The highest BCUT2D eigenvalue weighted by atomic mass is 16.5. The molecule has 0 aliphatic carbocycles. The van der Waals surface area contributed by atoms with E-state index in [1.165, 1.54) is 5.56 Å². The Labute approximate surface area is 152 Å². The number of hydrogen-bond donors (Lipinski definition) is 0.